The van der Waals surface area contributed by atoms with Gasteiger partial charge < -0.3 is 15.4 Å². The smallest absolute Gasteiger partial charge is 0.305 e. The number of aliphatic imine (C=N–C) groups is 1. The molecule has 0 saturated carbocycles. The first kappa shape index (κ1) is 20.8. The molecule has 0 bridgehead atoms. The first-order chi connectivity index (χ1) is 8.60. The molecule has 0 aliphatic heterocycles. The Bertz CT molecular complexity index is 258. The van der Waals surface area contributed by atoms with Gasteiger partial charge in [0.1, 0.15) is 0 Å². The molecule has 0 aliphatic rings. The van der Waals surface area contributed by atoms with Crippen molar-refractivity contribution < 1.29 is 9.53 Å². The third-order valence-corrected chi connectivity index (χ3v) is 2.29. The maximum Gasteiger partial charge on any atom is 0.305 e. The van der Waals surface area contributed by atoms with Gasteiger partial charge in [-0.3, -0.25) is 9.79 Å². The highest BCUT2D eigenvalue weighted by atomic mass is 127. The monoisotopic (exact) mass is 385 g/mol. The molecular weight excluding hydrogens is 357 g/mol. The zero-order valence-corrected chi connectivity index (χ0v) is 14.8. The van der Waals surface area contributed by atoms with Crippen LogP contribution in [-0.2, 0) is 9.53 Å². The molecule has 0 rings (SSSR count). The second kappa shape index (κ2) is 13.9. The van der Waals surface area contributed by atoms with Crippen LogP contribution in [0, 0.1) is 5.92 Å². The fourth-order valence-electron chi connectivity index (χ4n) is 1.32. The van der Waals surface area contributed by atoms with Crippen LogP contribution in [0.25, 0.3) is 0 Å². The van der Waals surface area contributed by atoms with Gasteiger partial charge in [-0.15, -0.1) is 24.0 Å². The third-order valence-electron chi connectivity index (χ3n) is 2.29. The number of carbonyl (C=O) groups is 1. The molecule has 0 aromatic heterocycles. The van der Waals surface area contributed by atoms with Crippen LogP contribution in [0.15, 0.2) is 4.99 Å². The lowest BCUT2D eigenvalue weighted by molar-refractivity contribution is -0.140. The largest absolute Gasteiger partial charge is 0.469 e. The van der Waals surface area contributed by atoms with E-state index >= 15 is 0 Å². The van der Waals surface area contributed by atoms with E-state index in [4.69, 9.17) is 0 Å². The minimum atomic E-state index is -0.143. The number of nitrogens with zero attached hydrogens (tertiary/aromatic N) is 1. The van der Waals surface area contributed by atoms with E-state index in [9.17, 15) is 4.79 Å². The van der Waals surface area contributed by atoms with Crippen molar-refractivity contribution in [3.63, 3.8) is 0 Å². The zero-order valence-electron chi connectivity index (χ0n) is 12.5. The highest BCUT2D eigenvalue weighted by Crippen LogP contribution is 1.96. The van der Waals surface area contributed by atoms with Crippen LogP contribution in [-0.4, -0.2) is 38.7 Å². The van der Waals surface area contributed by atoms with Crippen LogP contribution in [0.3, 0.4) is 0 Å². The number of rotatable bonds is 8. The van der Waals surface area contributed by atoms with E-state index in [1.54, 1.807) is 0 Å². The minimum absolute atomic E-state index is 0. The van der Waals surface area contributed by atoms with Gasteiger partial charge in [0.2, 0.25) is 0 Å². The van der Waals surface area contributed by atoms with E-state index in [0.29, 0.717) is 12.3 Å². The average molecular weight is 385 g/mol. The molecule has 0 radical (unpaired) electrons. The van der Waals surface area contributed by atoms with Crippen molar-refractivity contribution in [2.24, 2.45) is 10.9 Å². The lowest BCUT2D eigenvalue weighted by Crippen LogP contribution is -2.38. The maximum absolute atomic E-state index is 10.9. The Hall–Kier alpha value is -0.530. The molecule has 0 saturated heterocycles. The predicted molar refractivity (Wildman–Crippen MR) is 90.1 cm³/mol. The Morgan fingerprint density at radius 2 is 1.95 bits per heavy atom. The Balaban J connectivity index is 0. The molecule has 19 heavy (non-hydrogen) atoms. The van der Waals surface area contributed by atoms with Crippen LogP contribution in [0.4, 0.5) is 0 Å². The summed E-state index contributed by atoms with van der Waals surface area (Å²) in [4.78, 5) is 15.4. The third kappa shape index (κ3) is 13.7. The van der Waals surface area contributed by atoms with Gasteiger partial charge in [-0.05, 0) is 25.7 Å². The number of ether oxygens (including phenoxy) is 1. The number of unbranched alkanes of at least 4 members (excludes halogenated alkanes) is 1. The van der Waals surface area contributed by atoms with Crippen LogP contribution in [0.2, 0.25) is 0 Å². The van der Waals surface area contributed by atoms with Crippen LogP contribution in [0.5, 0.6) is 0 Å². The van der Waals surface area contributed by atoms with Crippen molar-refractivity contribution in [2.45, 2.75) is 40.0 Å². The SMILES string of the molecule is CCNC(=NCC(C)C)NCCCCC(=O)OC.I. The van der Waals surface area contributed by atoms with E-state index < -0.39 is 0 Å². The van der Waals surface area contributed by atoms with Gasteiger partial charge in [-0.1, -0.05) is 13.8 Å². The van der Waals surface area contributed by atoms with Crippen molar-refractivity contribution in [1.82, 2.24) is 10.6 Å². The maximum atomic E-state index is 10.9. The molecule has 0 fully saturated rings. The molecule has 6 heteroatoms. The predicted octanol–water partition coefficient (Wildman–Crippen LogP) is 2.16. The molecular formula is C13H28IN3O2. The van der Waals surface area contributed by atoms with Gasteiger partial charge in [0, 0.05) is 26.1 Å². The number of hydrogen-bond donors (Lipinski definition) is 2. The fourth-order valence-corrected chi connectivity index (χ4v) is 1.32. The van der Waals surface area contributed by atoms with Gasteiger partial charge in [0.25, 0.3) is 0 Å². The molecule has 114 valence electrons. The number of guanidine groups is 1. The van der Waals surface area contributed by atoms with Crippen LogP contribution >= 0.6 is 24.0 Å². The highest BCUT2D eigenvalue weighted by molar-refractivity contribution is 14.0. The first-order valence-electron chi connectivity index (χ1n) is 6.69. The Morgan fingerprint density at radius 1 is 1.26 bits per heavy atom. The van der Waals surface area contributed by atoms with Crippen LogP contribution < -0.4 is 10.6 Å². The number of hydrogen-bond acceptors (Lipinski definition) is 3. The van der Waals surface area contributed by atoms with Crippen molar-refractivity contribution in [3.05, 3.63) is 0 Å². The zero-order chi connectivity index (χ0) is 13.8. The van der Waals surface area contributed by atoms with Gasteiger partial charge in [0.15, 0.2) is 5.96 Å². The average Bonchev–Trinajstić information content (AvgIpc) is 2.34. The molecule has 0 aromatic rings. The van der Waals surface area contributed by atoms with E-state index in [1.807, 2.05) is 6.92 Å². The molecule has 2 N–H and O–H groups in total. The quantitative estimate of drug-likeness (QED) is 0.221. The number of carbonyl (C=O) groups excluding carboxylic acids is 1. The summed E-state index contributed by atoms with van der Waals surface area (Å²) in [6.07, 6.45) is 2.25. The van der Waals surface area contributed by atoms with E-state index in [0.717, 1.165) is 38.4 Å². The second-order valence-corrected chi connectivity index (χ2v) is 4.57. The van der Waals surface area contributed by atoms with E-state index in [2.05, 4.69) is 34.2 Å². The highest BCUT2D eigenvalue weighted by Gasteiger charge is 2.00. The lowest BCUT2D eigenvalue weighted by Gasteiger charge is -2.11. The van der Waals surface area contributed by atoms with Crippen molar-refractivity contribution in [2.75, 3.05) is 26.7 Å². The second-order valence-electron chi connectivity index (χ2n) is 4.57. The van der Waals surface area contributed by atoms with Crippen LogP contribution in [0.1, 0.15) is 40.0 Å². The number of nitrogens with one attached hydrogen (secondary N) is 2. The number of esters is 1. The summed E-state index contributed by atoms with van der Waals surface area (Å²) in [5.41, 5.74) is 0. The number of methoxy groups -OCH3 is 1. The number of halogens is 1. The summed E-state index contributed by atoms with van der Waals surface area (Å²) < 4.78 is 4.59. The van der Waals surface area contributed by atoms with E-state index in [-0.39, 0.29) is 29.9 Å². The Kier molecular flexibility index (Phi) is 15.2. The van der Waals surface area contributed by atoms with Gasteiger partial charge in [-0.2, -0.15) is 0 Å². The van der Waals surface area contributed by atoms with E-state index in [1.165, 1.54) is 7.11 Å². The standard InChI is InChI=1S/C13H27N3O2.HI/c1-5-14-13(16-10-11(2)3)15-9-7-6-8-12(17)18-4;/h11H,5-10H2,1-4H3,(H2,14,15,16);1H. The molecule has 0 unspecified atom stereocenters. The summed E-state index contributed by atoms with van der Waals surface area (Å²) in [5, 5.41) is 6.45. The summed E-state index contributed by atoms with van der Waals surface area (Å²) in [6.45, 7) is 8.82. The van der Waals surface area contributed by atoms with Gasteiger partial charge in [-0.25, -0.2) is 0 Å². The molecule has 0 spiro atoms. The topological polar surface area (TPSA) is 62.7 Å². The van der Waals surface area contributed by atoms with Gasteiger partial charge in [0.05, 0.1) is 7.11 Å². The lowest BCUT2D eigenvalue weighted by atomic mass is 10.2. The molecule has 0 amide bonds. The minimum Gasteiger partial charge on any atom is -0.469 e. The molecule has 5 nitrogen and oxygen atoms in total. The fraction of sp³-hybridized carbons (Fsp3) is 0.846. The molecule has 0 aromatic carbocycles. The summed E-state index contributed by atoms with van der Waals surface area (Å²) in [6, 6.07) is 0. The summed E-state index contributed by atoms with van der Waals surface area (Å²) in [5.74, 6) is 1.26. The van der Waals surface area contributed by atoms with Crippen molar-refractivity contribution >= 4 is 35.9 Å². The molecule has 0 aliphatic carbocycles. The van der Waals surface area contributed by atoms with Crippen molar-refractivity contribution in [1.29, 1.82) is 0 Å². The normalized spacial score (nSPS) is 10.9. The first-order valence-corrected chi connectivity index (χ1v) is 6.69. The summed E-state index contributed by atoms with van der Waals surface area (Å²) in [7, 11) is 1.42. The molecule has 0 heterocycles. The van der Waals surface area contributed by atoms with Crippen molar-refractivity contribution in [3.8, 4) is 0 Å². The van der Waals surface area contributed by atoms with Gasteiger partial charge >= 0.3 is 5.97 Å². The molecule has 0 atom stereocenters. The Morgan fingerprint density at radius 3 is 2.47 bits per heavy atom. The Labute approximate surface area is 134 Å². The summed E-state index contributed by atoms with van der Waals surface area (Å²) >= 11 is 0.